The van der Waals surface area contributed by atoms with Gasteiger partial charge >= 0.3 is 0 Å². The monoisotopic (exact) mass is 216 g/mol. The van der Waals surface area contributed by atoms with E-state index in [1.165, 1.54) is 0 Å². The standard InChI is InChI=1S/C12H16N4/c13-6-3-7-14-11-5-2-1-4-10(11)12-15-8-9-16-12/h1-2,4-5,8-9,14H,3,6-7,13H2,(H,15,16). The average Bonchev–Trinajstić information content (AvgIpc) is 2.83. The lowest BCUT2D eigenvalue weighted by molar-refractivity contribution is 0.874. The first-order valence-corrected chi connectivity index (χ1v) is 5.44. The number of rotatable bonds is 5. The van der Waals surface area contributed by atoms with E-state index in [-0.39, 0.29) is 0 Å². The molecule has 0 saturated heterocycles. The van der Waals surface area contributed by atoms with Gasteiger partial charge in [0.25, 0.3) is 0 Å². The first kappa shape index (κ1) is 10.7. The van der Waals surface area contributed by atoms with Crippen molar-refractivity contribution >= 4 is 5.69 Å². The van der Waals surface area contributed by atoms with E-state index in [1.54, 1.807) is 6.20 Å². The predicted octanol–water partition coefficient (Wildman–Crippen LogP) is 1.84. The lowest BCUT2D eigenvalue weighted by atomic mass is 10.1. The second-order valence-corrected chi connectivity index (χ2v) is 3.55. The second-order valence-electron chi connectivity index (χ2n) is 3.55. The highest BCUT2D eigenvalue weighted by Crippen LogP contribution is 2.24. The minimum atomic E-state index is 0.704. The highest BCUT2D eigenvalue weighted by atomic mass is 14.9. The van der Waals surface area contributed by atoms with Crippen LogP contribution >= 0.6 is 0 Å². The number of imidazole rings is 1. The van der Waals surface area contributed by atoms with Crippen molar-refractivity contribution in [3.05, 3.63) is 36.7 Å². The van der Waals surface area contributed by atoms with Crippen molar-refractivity contribution in [2.45, 2.75) is 6.42 Å². The Morgan fingerprint density at radius 3 is 2.94 bits per heavy atom. The molecule has 16 heavy (non-hydrogen) atoms. The van der Waals surface area contributed by atoms with Crippen molar-refractivity contribution in [1.29, 1.82) is 0 Å². The van der Waals surface area contributed by atoms with E-state index < -0.39 is 0 Å². The summed E-state index contributed by atoms with van der Waals surface area (Å²) in [6.45, 7) is 1.59. The smallest absolute Gasteiger partial charge is 0.139 e. The molecular weight excluding hydrogens is 200 g/mol. The molecule has 2 aromatic rings. The third kappa shape index (κ3) is 2.41. The van der Waals surface area contributed by atoms with Gasteiger partial charge in [-0.25, -0.2) is 4.98 Å². The van der Waals surface area contributed by atoms with E-state index in [1.807, 2.05) is 30.5 Å². The quantitative estimate of drug-likeness (QED) is 0.668. The fraction of sp³-hybridized carbons (Fsp3) is 0.250. The van der Waals surface area contributed by atoms with Crippen LogP contribution in [0.4, 0.5) is 5.69 Å². The first-order valence-electron chi connectivity index (χ1n) is 5.44. The number of hydrogen-bond donors (Lipinski definition) is 3. The van der Waals surface area contributed by atoms with Crippen LogP contribution in [0.15, 0.2) is 36.7 Å². The summed E-state index contributed by atoms with van der Waals surface area (Å²) in [7, 11) is 0. The van der Waals surface area contributed by atoms with Gasteiger partial charge in [0.05, 0.1) is 0 Å². The van der Waals surface area contributed by atoms with E-state index in [2.05, 4.69) is 15.3 Å². The molecule has 4 nitrogen and oxygen atoms in total. The van der Waals surface area contributed by atoms with E-state index in [0.29, 0.717) is 6.54 Å². The third-order valence-electron chi connectivity index (χ3n) is 2.38. The Labute approximate surface area is 94.9 Å². The molecule has 0 saturated carbocycles. The zero-order chi connectivity index (χ0) is 11.2. The van der Waals surface area contributed by atoms with Gasteiger partial charge in [-0.1, -0.05) is 12.1 Å². The lowest BCUT2D eigenvalue weighted by Crippen LogP contribution is -2.09. The maximum atomic E-state index is 5.47. The molecule has 0 amide bonds. The van der Waals surface area contributed by atoms with Crippen LogP contribution in [0.2, 0.25) is 0 Å². The molecule has 0 atom stereocenters. The number of benzene rings is 1. The summed E-state index contributed by atoms with van der Waals surface area (Å²) in [6.07, 6.45) is 4.55. The lowest BCUT2D eigenvalue weighted by Gasteiger charge is -2.09. The number of anilines is 1. The minimum Gasteiger partial charge on any atom is -0.384 e. The van der Waals surface area contributed by atoms with Crippen molar-refractivity contribution < 1.29 is 0 Å². The highest BCUT2D eigenvalue weighted by molar-refractivity contribution is 5.73. The van der Waals surface area contributed by atoms with E-state index in [4.69, 9.17) is 5.73 Å². The van der Waals surface area contributed by atoms with Crippen molar-refractivity contribution in [3.63, 3.8) is 0 Å². The Balaban J connectivity index is 2.18. The summed E-state index contributed by atoms with van der Waals surface area (Å²) < 4.78 is 0. The second kappa shape index (κ2) is 5.32. The first-order chi connectivity index (χ1) is 7.92. The fourth-order valence-electron chi connectivity index (χ4n) is 1.58. The maximum Gasteiger partial charge on any atom is 0.139 e. The summed E-state index contributed by atoms with van der Waals surface area (Å²) in [5.41, 5.74) is 7.64. The Morgan fingerprint density at radius 2 is 2.19 bits per heavy atom. The highest BCUT2D eigenvalue weighted by Gasteiger charge is 2.04. The largest absolute Gasteiger partial charge is 0.384 e. The minimum absolute atomic E-state index is 0.704. The molecule has 0 aliphatic rings. The van der Waals surface area contributed by atoms with Gasteiger partial charge in [0.1, 0.15) is 5.82 Å². The molecule has 1 aromatic carbocycles. The molecule has 0 radical (unpaired) electrons. The van der Waals surface area contributed by atoms with Crippen molar-refractivity contribution in [2.75, 3.05) is 18.4 Å². The van der Waals surface area contributed by atoms with E-state index in [9.17, 15) is 0 Å². The van der Waals surface area contributed by atoms with Gasteiger partial charge in [0.15, 0.2) is 0 Å². The average molecular weight is 216 g/mol. The van der Waals surface area contributed by atoms with Crippen LogP contribution in [0, 0.1) is 0 Å². The number of para-hydroxylation sites is 1. The van der Waals surface area contributed by atoms with Gasteiger partial charge in [-0.2, -0.15) is 0 Å². The summed E-state index contributed by atoms with van der Waals surface area (Å²) in [5.74, 6) is 0.885. The molecular formula is C12H16N4. The normalized spacial score (nSPS) is 10.3. The van der Waals surface area contributed by atoms with E-state index >= 15 is 0 Å². The third-order valence-corrected chi connectivity index (χ3v) is 2.38. The molecule has 0 bridgehead atoms. The van der Waals surface area contributed by atoms with Crippen molar-refractivity contribution in [1.82, 2.24) is 9.97 Å². The number of aromatic amines is 1. The summed E-state index contributed by atoms with van der Waals surface area (Å²) in [6, 6.07) is 8.11. The van der Waals surface area contributed by atoms with Crippen LogP contribution < -0.4 is 11.1 Å². The number of hydrogen-bond acceptors (Lipinski definition) is 3. The molecule has 1 heterocycles. The van der Waals surface area contributed by atoms with Gasteiger partial charge in [-0.3, -0.25) is 0 Å². The number of aromatic nitrogens is 2. The molecule has 0 aliphatic carbocycles. The van der Waals surface area contributed by atoms with Gasteiger partial charge in [-0.15, -0.1) is 0 Å². The zero-order valence-corrected chi connectivity index (χ0v) is 9.11. The Bertz CT molecular complexity index is 422. The number of nitrogens with two attached hydrogens (primary N) is 1. The van der Waals surface area contributed by atoms with Crippen LogP contribution in [-0.4, -0.2) is 23.1 Å². The van der Waals surface area contributed by atoms with Gasteiger partial charge in [0.2, 0.25) is 0 Å². The Morgan fingerprint density at radius 1 is 1.31 bits per heavy atom. The predicted molar refractivity (Wildman–Crippen MR) is 66.2 cm³/mol. The van der Waals surface area contributed by atoms with Crippen LogP contribution in [0.1, 0.15) is 6.42 Å². The summed E-state index contributed by atoms with van der Waals surface area (Å²) in [4.78, 5) is 7.36. The van der Waals surface area contributed by atoms with Crippen LogP contribution in [-0.2, 0) is 0 Å². The van der Waals surface area contributed by atoms with Crippen molar-refractivity contribution in [3.8, 4) is 11.4 Å². The number of nitrogens with zero attached hydrogens (tertiary/aromatic N) is 1. The van der Waals surface area contributed by atoms with E-state index in [0.717, 1.165) is 30.0 Å². The molecule has 0 unspecified atom stereocenters. The SMILES string of the molecule is NCCCNc1ccccc1-c1ncc[nH]1. The topological polar surface area (TPSA) is 66.7 Å². The number of nitrogens with one attached hydrogen (secondary N) is 2. The van der Waals surface area contributed by atoms with Gasteiger partial charge in [0, 0.05) is 30.2 Å². The summed E-state index contributed by atoms with van der Waals surface area (Å²) in [5, 5.41) is 3.36. The molecule has 4 heteroatoms. The Kier molecular flexibility index (Phi) is 3.56. The molecule has 2 rings (SSSR count). The van der Waals surface area contributed by atoms with Crippen LogP contribution in [0.3, 0.4) is 0 Å². The Hall–Kier alpha value is -1.81. The summed E-state index contributed by atoms with van der Waals surface area (Å²) >= 11 is 0. The maximum absolute atomic E-state index is 5.47. The van der Waals surface area contributed by atoms with Gasteiger partial charge in [-0.05, 0) is 25.1 Å². The molecule has 0 spiro atoms. The van der Waals surface area contributed by atoms with Crippen LogP contribution in [0.25, 0.3) is 11.4 Å². The molecule has 84 valence electrons. The molecule has 4 N–H and O–H groups in total. The molecule has 0 aliphatic heterocycles. The molecule has 0 fully saturated rings. The molecule has 1 aromatic heterocycles. The van der Waals surface area contributed by atoms with Crippen LogP contribution in [0.5, 0.6) is 0 Å². The van der Waals surface area contributed by atoms with Gasteiger partial charge < -0.3 is 16.0 Å². The fourth-order valence-corrected chi connectivity index (χ4v) is 1.58. The zero-order valence-electron chi connectivity index (χ0n) is 9.11. The van der Waals surface area contributed by atoms with Crippen molar-refractivity contribution in [2.24, 2.45) is 5.73 Å². The number of H-pyrrole nitrogens is 1.